The Balaban J connectivity index is 2.05. The third kappa shape index (κ3) is 3.44. The summed E-state index contributed by atoms with van der Waals surface area (Å²) >= 11 is 0. The molecule has 0 saturated carbocycles. The number of nitrogens with zero attached hydrogens (tertiary/aromatic N) is 1. The summed E-state index contributed by atoms with van der Waals surface area (Å²) in [6, 6.07) is 3.65. The minimum atomic E-state index is -0.894. The summed E-state index contributed by atoms with van der Waals surface area (Å²) in [5.74, 6) is -2.23. The first-order chi connectivity index (χ1) is 10.0. The molecule has 3 N–H and O–H groups in total. The first-order valence-electron chi connectivity index (χ1n) is 6.60. The van der Waals surface area contributed by atoms with Gasteiger partial charge in [-0.2, -0.15) is 5.26 Å². The monoisotopic (exact) mass is 291 g/mol. The molecule has 110 valence electrons. The maximum atomic E-state index is 13.3. The van der Waals surface area contributed by atoms with Gasteiger partial charge >= 0.3 is 0 Å². The molecular formula is C15H15F2N3O. The lowest BCUT2D eigenvalue weighted by atomic mass is 9.91. The van der Waals surface area contributed by atoms with E-state index in [-0.39, 0.29) is 18.2 Å². The number of nitrogens with two attached hydrogens (primary N) is 1. The zero-order valence-corrected chi connectivity index (χ0v) is 11.3. The Hall–Kier alpha value is -2.26. The molecule has 2 unspecified atom stereocenters. The van der Waals surface area contributed by atoms with Gasteiger partial charge in [0.25, 0.3) is 0 Å². The minimum absolute atomic E-state index is 0.0544. The second kappa shape index (κ2) is 6.46. The second-order valence-electron chi connectivity index (χ2n) is 5.01. The number of nitriles is 1. The summed E-state index contributed by atoms with van der Waals surface area (Å²) in [5, 5.41) is 10.7. The van der Waals surface area contributed by atoms with E-state index in [4.69, 9.17) is 11.0 Å². The Bertz CT molecular complexity index is 622. The van der Waals surface area contributed by atoms with E-state index in [9.17, 15) is 13.6 Å². The Labute approximate surface area is 121 Å². The zero-order chi connectivity index (χ0) is 15.4. The SMILES string of the molecule is N#CC=CNC(=O)CC(N)C1CCc2cc(F)c(F)cc21. The molecule has 0 fully saturated rings. The van der Waals surface area contributed by atoms with Crippen LogP contribution in [0.5, 0.6) is 0 Å². The molecule has 21 heavy (non-hydrogen) atoms. The van der Waals surface area contributed by atoms with E-state index >= 15 is 0 Å². The van der Waals surface area contributed by atoms with Crippen LogP contribution in [0.15, 0.2) is 24.4 Å². The molecule has 1 aliphatic carbocycles. The number of halogens is 2. The molecule has 0 bridgehead atoms. The summed E-state index contributed by atoms with van der Waals surface area (Å²) < 4.78 is 26.5. The Morgan fingerprint density at radius 1 is 1.52 bits per heavy atom. The molecule has 0 aromatic heterocycles. The van der Waals surface area contributed by atoms with Crippen molar-refractivity contribution >= 4 is 5.91 Å². The number of carbonyl (C=O) groups is 1. The van der Waals surface area contributed by atoms with Crippen LogP contribution in [0.3, 0.4) is 0 Å². The van der Waals surface area contributed by atoms with E-state index in [2.05, 4.69) is 5.32 Å². The molecule has 1 aliphatic rings. The van der Waals surface area contributed by atoms with Gasteiger partial charge in [-0.25, -0.2) is 8.78 Å². The average molecular weight is 291 g/mol. The van der Waals surface area contributed by atoms with Crippen LogP contribution in [0, 0.1) is 23.0 Å². The number of rotatable bonds is 4. The van der Waals surface area contributed by atoms with Gasteiger partial charge in [-0.05, 0) is 36.1 Å². The highest BCUT2D eigenvalue weighted by Crippen LogP contribution is 2.36. The molecule has 2 atom stereocenters. The number of carbonyl (C=O) groups excluding carboxylic acids is 1. The third-order valence-corrected chi connectivity index (χ3v) is 3.65. The first kappa shape index (κ1) is 15.1. The number of allylic oxidation sites excluding steroid dienone is 1. The van der Waals surface area contributed by atoms with Crippen molar-refractivity contribution in [3.63, 3.8) is 0 Å². The minimum Gasteiger partial charge on any atom is -0.332 e. The maximum Gasteiger partial charge on any atom is 0.225 e. The molecule has 0 aliphatic heterocycles. The van der Waals surface area contributed by atoms with Gasteiger partial charge in [0.1, 0.15) is 0 Å². The van der Waals surface area contributed by atoms with Crippen LogP contribution in [-0.4, -0.2) is 11.9 Å². The van der Waals surface area contributed by atoms with Crippen LogP contribution < -0.4 is 11.1 Å². The molecule has 0 saturated heterocycles. The Kier molecular flexibility index (Phi) is 4.66. The van der Waals surface area contributed by atoms with Crippen molar-refractivity contribution in [2.45, 2.75) is 31.2 Å². The zero-order valence-electron chi connectivity index (χ0n) is 11.3. The van der Waals surface area contributed by atoms with Crippen molar-refractivity contribution in [2.24, 2.45) is 5.73 Å². The van der Waals surface area contributed by atoms with Crippen molar-refractivity contribution < 1.29 is 13.6 Å². The fraction of sp³-hybridized carbons (Fsp3) is 0.333. The quantitative estimate of drug-likeness (QED) is 0.831. The van der Waals surface area contributed by atoms with Crippen molar-refractivity contribution in [1.82, 2.24) is 5.32 Å². The predicted molar refractivity (Wildman–Crippen MR) is 72.9 cm³/mol. The highest BCUT2D eigenvalue weighted by atomic mass is 19.2. The molecule has 2 rings (SSSR count). The van der Waals surface area contributed by atoms with Gasteiger partial charge in [-0.15, -0.1) is 0 Å². The summed E-state index contributed by atoms with van der Waals surface area (Å²) in [4.78, 5) is 11.6. The molecular weight excluding hydrogens is 276 g/mol. The van der Waals surface area contributed by atoms with Crippen molar-refractivity contribution in [3.05, 3.63) is 47.2 Å². The topological polar surface area (TPSA) is 78.9 Å². The van der Waals surface area contributed by atoms with E-state index in [0.717, 1.165) is 11.6 Å². The lowest BCUT2D eigenvalue weighted by Gasteiger charge is -2.19. The number of nitrogens with one attached hydrogen (secondary N) is 1. The normalized spacial score (nSPS) is 18.3. The fourth-order valence-corrected chi connectivity index (χ4v) is 2.66. The molecule has 1 aromatic rings. The molecule has 0 heterocycles. The lowest BCUT2D eigenvalue weighted by Crippen LogP contribution is -2.33. The molecule has 0 spiro atoms. The number of aryl methyl sites for hydroxylation is 1. The molecule has 1 amide bonds. The second-order valence-corrected chi connectivity index (χ2v) is 5.01. The Morgan fingerprint density at radius 3 is 2.95 bits per heavy atom. The number of hydrogen-bond donors (Lipinski definition) is 2. The van der Waals surface area contributed by atoms with Crippen LogP contribution in [0.2, 0.25) is 0 Å². The third-order valence-electron chi connectivity index (χ3n) is 3.65. The van der Waals surface area contributed by atoms with Gasteiger partial charge in [-0.3, -0.25) is 4.79 Å². The summed E-state index contributed by atoms with van der Waals surface area (Å²) in [7, 11) is 0. The van der Waals surface area contributed by atoms with Crippen LogP contribution in [-0.2, 0) is 11.2 Å². The Morgan fingerprint density at radius 2 is 2.24 bits per heavy atom. The molecule has 0 radical (unpaired) electrons. The largest absolute Gasteiger partial charge is 0.332 e. The van der Waals surface area contributed by atoms with Crippen molar-refractivity contribution in [3.8, 4) is 6.07 Å². The maximum absolute atomic E-state index is 13.3. The molecule has 1 aromatic carbocycles. The van der Waals surface area contributed by atoms with Gasteiger partial charge in [0, 0.05) is 30.7 Å². The van der Waals surface area contributed by atoms with Crippen molar-refractivity contribution in [1.29, 1.82) is 5.26 Å². The molecule has 4 nitrogen and oxygen atoms in total. The highest BCUT2D eigenvalue weighted by Gasteiger charge is 2.30. The number of benzene rings is 1. The average Bonchev–Trinajstić information content (AvgIpc) is 2.82. The standard InChI is InChI=1S/C15H15F2N3O/c16-12-6-9-2-3-10(11(9)7-13(12)17)14(19)8-15(21)20-5-1-4-18/h1,5-7,10,14H,2-3,8,19H2,(H,20,21). The van der Waals surface area contributed by atoms with Gasteiger partial charge in [0.2, 0.25) is 5.91 Å². The predicted octanol–water partition coefficient (Wildman–Crippen LogP) is 1.87. The van der Waals surface area contributed by atoms with Crippen LogP contribution >= 0.6 is 0 Å². The van der Waals surface area contributed by atoms with Crippen LogP contribution in [0.1, 0.15) is 29.9 Å². The molecule has 6 heteroatoms. The first-order valence-corrected chi connectivity index (χ1v) is 6.60. The summed E-state index contributed by atoms with van der Waals surface area (Å²) in [6.45, 7) is 0. The highest BCUT2D eigenvalue weighted by molar-refractivity contribution is 5.77. The van der Waals surface area contributed by atoms with Gasteiger partial charge in [-0.1, -0.05) is 0 Å². The smallest absolute Gasteiger partial charge is 0.225 e. The van der Waals surface area contributed by atoms with Crippen LogP contribution in [0.4, 0.5) is 8.78 Å². The number of amides is 1. The van der Waals surface area contributed by atoms with Gasteiger partial charge in [0.05, 0.1) is 6.07 Å². The summed E-state index contributed by atoms with van der Waals surface area (Å²) in [6.07, 6.45) is 3.74. The van der Waals surface area contributed by atoms with E-state index in [1.54, 1.807) is 6.07 Å². The fourth-order valence-electron chi connectivity index (χ4n) is 2.66. The van der Waals surface area contributed by atoms with E-state index < -0.39 is 17.7 Å². The number of fused-ring (bicyclic) bond motifs is 1. The van der Waals surface area contributed by atoms with Gasteiger partial charge < -0.3 is 11.1 Å². The van der Waals surface area contributed by atoms with E-state index in [0.29, 0.717) is 18.4 Å². The van der Waals surface area contributed by atoms with Crippen LogP contribution in [0.25, 0.3) is 0 Å². The number of hydrogen-bond acceptors (Lipinski definition) is 3. The lowest BCUT2D eigenvalue weighted by molar-refractivity contribution is -0.120. The summed E-state index contributed by atoms with van der Waals surface area (Å²) in [5.41, 5.74) is 7.45. The van der Waals surface area contributed by atoms with E-state index in [1.165, 1.54) is 18.3 Å². The van der Waals surface area contributed by atoms with Gasteiger partial charge in [0.15, 0.2) is 11.6 Å². The van der Waals surface area contributed by atoms with E-state index in [1.807, 2.05) is 0 Å². The van der Waals surface area contributed by atoms with Crippen molar-refractivity contribution in [2.75, 3.05) is 0 Å².